The van der Waals surface area contributed by atoms with Crippen molar-refractivity contribution in [2.45, 2.75) is 46.6 Å². The van der Waals surface area contributed by atoms with Crippen molar-refractivity contribution in [3.05, 3.63) is 40.0 Å². The van der Waals surface area contributed by atoms with Crippen molar-refractivity contribution in [2.24, 2.45) is 4.99 Å². The number of hydrogen-bond donors (Lipinski definition) is 1. The number of aliphatic hydroxyl groups is 1. The molecule has 0 saturated heterocycles. The number of fused-ring (bicyclic) bond motifs is 1. The third-order valence-electron chi connectivity index (χ3n) is 6.03. The monoisotopic (exact) mass is 564 g/mol. The highest BCUT2D eigenvalue weighted by Crippen LogP contribution is 2.40. The maximum absolute atomic E-state index is 13.6. The molecule has 214 valence electrons. The van der Waals surface area contributed by atoms with Gasteiger partial charge in [-0.2, -0.15) is 4.52 Å². The van der Waals surface area contributed by atoms with Gasteiger partial charge >= 0.3 is 6.09 Å². The van der Waals surface area contributed by atoms with E-state index in [9.17, 15) is 14.7 Å². The number of aromatic nitrogens is 4. The molecule has 0 aliphatic heterocycles. The molecule has 2 heterocycles. The molecule has 0 saturated carbocycles. The first kappa shape index (κ1) is 31.6. The molecule has 3 aromatic rings. The van der Waals surface area contributed by atoms with Gasteiger partial charge in [0.1, 0.15) is 13.2 Å². The van der Waals surface area contributed by atoms with Crippen LogP contribution in [0.15, 0.2) is 17.1 Å². The van der Waals surface area contributed by atoms with Crippen LogP contribution in [0.3, 0.4) is 0 Å². The summed E-state index contributed by atoms with van der Waals surface area (Å²) < 4.78 is 19.7. The van der Waals surface area contributed by atoms with Gasteiger partial charge in [0.05, 0.1) is 13.7 Å². The lowest BCUT2D eigenvalue weighted by Crippen LogP contribution is -2.29. The zero-order valence-corrected chi connectivity index (χ0v) is 24.7. The van der Waals surface area contributed by atoms with E-state index in [0.717, 1.165) is 11.1 Å². The number of Topliss-reactive ketones (excluding diaryl/α,β-unsaturated/α-hetero) is 1. The predicted molar refractivity (Wildman–Crippen MR) is 148 cm³/mol. The van der Waals surface area contributed by atoms with Gasteiger partial charge in [-0.3, -0.25) is 9.79 Å². The van der Waals surface area contributed by atoms with Gasteiger partial charge in [0, 0.05) is 43.4 Å². The smallest absolute Gasteiger partial charge is 0.416 e. The molecule has 0 bridgehead atoms. The van der Waals surface area contributed by atoms with Gasteiger partial charge < -0.3 is 24.2 Å². The number of aliphatic hydroxyl groups excluding tert-OH is 1. The molecule has 0 aliphatic rings. The first-order valence-corrected chi connectivity index (χ1v) is 12.1. The van der Waals surface area contributed by atoms with Crippen LogP contribution in [0.25, 0.3) is 5.65 Å². The number of amides is 1. The minimum absolute atomic E-state index is 0. The van der Waals surface area contributed by atoms with Crippen molar-refractivity contribution >= 4 is 29.9 Å². The lowest BCUT2D eigenvalue weighted by molar-refractivity contribution is 0.0965. The van der Waals surface area contributed by atoms with E-state index in [2.05, 4.69) is 15.2 Å². The summed E-state index contributed by atoms with van der Waals surface area (Å²) in [5.74, 6) is 0.782. The SMILES string of the molecule is C/N=c1\n(CC(=O)c2cc(OCCO)c(OC)c(C(C)(C)C)c2)nc2c(C)c(C)c(OC(=O)N(C)C)nn12.Cl. The topological polar surface area (TPSA) is 133 Å². The average molecular weight is 565 g/mol. The Labute approximate surface area is 233 Å². The maximum atomic E-state index is 13.6. The normalized spacial score (nSPS) is 11.8. The number of hydrogen-bond acceptors (Lipinski definition) is 9. The van der Waals surface area contributed by atoms with Gasteiger partial charge in [0.15, 0.2) is 22.9 Å². The van der Waals surface area contributed by atoms with Crippen LogP contribution in [-0.4, -0.2) is 82.7 Å². The Hall–Kier alpha value is -3.64. The second kappa shape index (κ2) is 12.5. The van der Waals surface area contributed by atoms with Crippen LogP contribution >= 0.6 is 12.4 Å². The Morgan fingerprint density at radius 3 is 2.33 bits per heavy atom. The zero-order chi connectivity index (χ0) is 28.4. The van der Waals surface area contributed by atoms with Crippen LogP contribution < -0.4 is 19.8 Å². The number of nitrogens with zero attached hydrogens (tertiary/aromatic N) is 6. The zero-order valence-electron chi connectivity index (χ0n) is 23.9. The van der Waals surface area contributed by atoms with Crippen molar-refractivity contribution < 1.29 is 28.9 Å². The van der Waals surface area contributed by atoms with Gasteiger partial charge in [0.25, 0.3) is 0 Å². The largest absolute Gasteiger partial charge is 0.493 e. The molecule has 0 radical (unpaired) electrons. The van der Waals surface area contributed by atoms with Gasteiger partial charge in [0.2, 0.25) is 11.5 Å². The number of carbonyl (C=O) groups excluding carboxylic acids is 2. The first-order chi connectivity index (χ1) is 17.8. The van der Waals surface area contributed by atoms with E-state index < -0.39 is 6.09 Å². The van der Waals surface area contributed by atoms with E-state index in [0.29, 0.717) is 33.9 Å². The molecule has 13 heteroatoms. The third kappa shape index (κ3) is 6.51. The number of methoxy groups -OCH3 is 1. The Bertz CT molecular complexity index is 1440. The molecule has 12 nitrogen and oxygen atoms in total. The van der Waals surface area contributed by atoms with E-state index in [1.54, 1.807) is 47.3 Å². The number of aryl methyl sites for hydroxylation is 1. The molecule has 1 amide bonds. The fourth-order valence-corrected chi connectivity index (χ4v) is 3.83. The molecule has 0 unspecified atom stereocenters. The number of ketones is 1. The fraction of sp³-hybridized carbons (Fsp3) is 0.500. The molecule has 0 fully saturated rings. The summed E-state index contributed by atoms with van der Waals surface area (Å²) in [5.41, 5.74) is 3.01. The number of halogens is 1. The lowest BCUT2D eigenvalue weighted by atomic mass is 9.84. The Morgan fingerprint density at radius 1 is 1.13 bits per heavy atom. The summed E-state index contributed by atoms with van der Waals surface area (Å²) in [4.78, 5) is 31.3. The third-order valence-corrected chi connectivity index (χ3v) is 6.03. The van der Waals surface area contributed by atoms with Crippen LogP contribution in [-0.2, 0) is 12.0 Å². The van der Waals surface area contributed by atoms with Crippen LogP contribution in [0, 0.1) is 13.8 Å². The van der Waals surface area contributed by atoms with Crippen molar-refractivity contribution in [3.8, 4) is 17.4 Å². The second-order valence-electron chi connectivity index (χ2n) is 10.0. The van der Waals surface area contributed by atoms with E-state index in [4.69, 9.17) is 14.2 Å². The summed E-state index contributed by atoms with van der Waals surface area (Å²) in [6.45, 7) is 9.41. The van der Waals surface area contributed by atoms with Gasteiger partial charge in [-0.1, -0.05) is 20.8 Å². The summed E-state index contributed by atoms with van der Waals surface area (Å²) >= 11 is 0. The van der Waals surface area contributed by atoms with Crippen LogP contribution in [0.4, 0.5) is 4.79 Å². The number of benzene rings is 1. The van der Waals surface area contributed by atoms with E-state index in [-0.39, 0.29) is 49.2 Å². The molecule has 0 atom stereocenters. The molecule has 2 aromatic heterocycles. The van der Waals surface area contributed by atoms with E-state index >= 15 is 0 Å². The molecule has 1 aromatic carbocycles. The quantitative estimate of drug-likeness (QED) is 0.413. The van der Waals surface area contributed by atoms with Crippen molar-refractivity contribution in [2.75, 3.05) is 41.5 Å². The Balaban J connectivity index is 0.00000533. The van der Waals surface area contributed by atoms with Crippen LogP contribution in [0.5, 0.6) is 17.4 Å². The average Bonchev–Trinajstić information content (AvgIpc) is 3.21. The minimum Gasteiger partial charge on any atom is -0.493 e. The van der Waals surface area contributed by atoms with Crippen LogP contribution in [0.2, 0.25) is 0 Å². The summed E-state index contributed by atoms with van der Waals surface area (Å²) in [6.07, 6.45) is -0.564. The highest BCUT2D eigenvalue weighted by Gasteiger charge is 2.26. The lowest BCUT2D eigenvalue weighted by Gasteiger charge is -2.25. The minimum atomic E-state index is -0.564. The van der Waals surface area contributed by atoms with Gasteiger partial charge in [-0.05, 0) is 31.4 Å². The highest BCUT2D eigenvalue weighted by atomic mass is 35.5. The molecule has 39 heavy (non-hydrogen) atoms. The molecular formula is C26H37ClN6O6. The first-order valence-electron chi connectivity index (χ1n) is 12.1. The van der Waals surface area contributed by atoms with Gasteiger partial charge in [-0.25, -0.2) is 9.48 Å². The second-order valence-corrected chi connectivity index (χ2v) is 10.0. The molecule has 0 spiro atoms. The predicted octanol–water partition coefficient (Wildman–Crippen LogP) is 2.72. The molecule has 3 rings (SSSR count). The van der Waals surface area contributed by atoms with E-state index in [1.807, 2.05) is 27.7 Å². The van der Waals surface area contributed by atoms with Crippen molar-refractivity contribution in [3.63, 3.8) is 0 Å². The Kier molecular flexibility index (Phi) is 10.1. The summed E-state index contributed by atoms with van der Waals surface area (Å²) in [6, 6.07) is 3.40. The number of rotatable bonds is 8. The number of ether oxygens (including phenoxy) is 3. The molecule has 0 aliphatic carbocycles. The standard InChI is InChI=1S/C26H36N6O6.ClH/c1-15-16(2)23(38-25(35)30(7)8)29-32-22(15)28-31(24(32)27-6)14-19(34)17-12-18(26(3,4)5)21(36-9)20(13-17)37-11-10-33;/h12-13,33H,10-11,14H2,1-9H3;1H/b27-24+;. The molecular weight excluding hydrogens is 528 g/mol. The maximum Gasteiger partial charge on any atom is 0.416 e. The van der Waals surface area contributed by atoms with Crippen molar-refractivity contribution in [1.29, 1.82) is 0 Å². The van der Waals surface area contributed by atoms with Crippen molar-refractivity contribution in [1.82, 2.24) is 24.3 Å². The fourth-order valence-electron chi connectivity index (χ4n) is 3.83. The van der Waals surface area contributed by atoms with E-state index in [1.165, 1.54) is 14.1 Å². The van der Waals surface area contributed by atoms with Gasteiger partial charge in [-0.15, -0.1) is 22.6 Å². The van der Waals surface area contributed by atoms with Crippen LogP contribution in [0.1, 0.15) is 47.8 Å². The summed E-state index contributed by atoms with van der Waals surface area (Å²) in [7, 11) is 6.27. The Morgan fingerprint density at radius 2 is 1.79 bits per heavy atom. The number of carbonyl (C=O) groups is 2. The highest BCUT2D eigenvalue weighted by molar-refractivity contribution is 5.97. The molecule has 1 N–H and O–H groups in total. The summed E-state index contributed by atoms with van der Waals surface area (Å²) in [5, 5.41) is 18.3.